The van der Waals surface area contributed by atoms with Gasteiger partial charge in [-0.25, -0.2) is 4.79 Å². The fraction of sp³-hybridized carbons (Fsp3) is 0.308. The van der Waals surface area contributed by atoms with E-state index in [-0.39, 0.29) is 11.7 Å². The molecule has 0 fully saturated rings. The highest BCUT2D eigenvalue weighted by molar-refractivity contribution is 6.30. The molecule has 1 aromatic rings. The van der Waals surface area contributed by atoms with E-state index in [1.807, 2.05) is 13.8 Å². The smallest absolute Gasteiger partial charge is 0.371 e. The van der Waals surface area contributed by atoms with Gasteiger partial charge < -0.3 is 9.84 Å². The number of aliphatic carboxylic acids is 1. The lowest BCUT2D eigenvalue weighted by molar-refractivity contribution is -0.136. The van der Waals surface area contributed by atoms with E-state index in [9.17, 15) is 4.79 Å². The van der Waals surface area contributed by atoms with Crippen molar-refractivity contribution in [1.29, 1.82) is 0 Å². The molecule has 1 rings (SSSR count). The van der Waals surface area contributed by atoms with Gasteiger partial charge in [0.15, 0.2) is 0 Å². The predicted octanol–water partition coefficient (Wildman–Crippen LogP) is 3.44. The van der Waals surface area contributed by atoms with Gasteiger partial charge in [-0.3, -0.25) is 0 Å². The van der Waals surface area contributed by atoms with Crippen LogP contribution >= 0.6 is 11.6 Å². The van der Waals surface area contributed by atoms with Gasteiger partial charge in [0, 0.05) is 5.02 Å². The van der Waals surface area contributed by atoms with Crippen LogP contribution in [0.4, 0.5) is 0 Å². The summed E-state index contributed by atoms with van der Waals surface area (Å²) in [6, 6.07) is 6.89. The molecule has 0 saturated carbocycles. The lowest BCUT2D eigenvalue weighted by Gasteiger charge is -2.09. The second kappa shape index (κ2) is 6.30. The summed E-state index contributed by atoms with van der Waals surface area (Å²) < 4.78 is 5.23. The van der Waals surface area contributed by atoms with Crippen LogP contribution in [0.25, 0.3) is 6.08 Å². The van der Waals surface area contributed by atoms with Crippen LogP contribution in [0.3, 0.4) is 0 Å². The van der Waals surface area contributed by atoms with Crippen molar-refractivity contribution in [2.45, 2.75) is 13.8 Å². The number of ether oxygens (including phenoxy) is 1. The molecule has 92 valence electrons. The number of carbonyl (C=O) groups is 1. The number of carboxylic acids is 1. The zero-order valence-corrected chi connectivity index (χ0v) is 10.6. The minimum atomic E-state index is -1.07. The van der Waals surface area contributed by atoms with E-state index in [0.717, 1.165) is 5.56 Å². The third-order valence-electron chi connectivity index (χ3n) is 1.95. The number of benzene rings is 1. The molecule has 3 nitrogen and oxygen atoms in total. The average Bonchev–Trinajstić information content (AvgIpc) is 2.26. The molecular weight excluding hydrogens is 240 g/mol. The van der Waals surface area contributed by atoms with Gasteiger partial charge in [0.25, 0.3) is 0 Å². The summed E-state index contributed by atoms with van der Waals surface area (Å²) in [5, 5.41) is 9.60. The minimum absolute atomic E-state index is 0.0546. The van der Waals surface area contributed by atoms with E-state index in [1.54, 1.807) is 24.3 Å². The lowest BCUT2D eigenvalue weighted by Crippen LogP contribution is -2.09. The number of hydrogen-bond acceptors (Lipinski definition) is 2. The third-order valence-corrected chi connectivity index (χ3v) is 2.20. The SMILES string of the molecule is CC(C)COC(=Cc1ccc(Cl)cc1)C(=O)O. The van der Waals surface area contributed by atoms with Crippen molar-refractivity contribution >= 4 is 23.6 Å². The molecule has 0 spiro atoms. The van der Waals surface area contributed by atoms with E-state index in [4.69, 9.17) is 21.4 Å². The Labute approximate surface area is 106 Å². The molecule has 0 radical (unpaired) electrons. The van der Waals surface area contributed by atoms with E-state index in [2.05, 4.69) is 0 Å². The third kappa shape index (κ3) is 4.91. The monoisotopic (exact) mass is 254 g/mol. The predicted molar refractivity (Wildman–Crippen MR) is 67.9 cm³/mol. The van der Waals surface area contributed by atoms with Crippen LogP contribution in [0.1, 0.15) is 19.4 Å². The zero-order valence-electron chi connectivity index (χ0n) is 9.81. The summed E-state index contributed by atoms with van der Waals surface area (Å²) in [7, 11) is 0. The standard InChI is InChI=1S/C13H15ClO3/c1-9(2)8-17-12(13(15)16)7-10-3-5-11(14)6-4-10/h3-7,9H,8H2,1-2H3,(H,15,16). The van der Waals surface area contributed by atoms with Gasteiger partial charge in [0.2, 0.25) is 5.76 Å². The summed E-state index contributed by atoms with van der Waals surface area (Å²) in [5.74, 6) is -0.843. The molecule has 0 heterocycles. The molecule has 17 heavy (non-hydrogen) atoms. The van der Waals surface area contributed by atoms with Crippen molar-refractivity contribution in [3.8, 4) is 0 Å². The maximum atomic E-state index is 11.0. The Bertz CT molecular complexity index is 407. The van der Waals surface area contributed by atoms with E-state index in [0.29, 0.717) is 11.6 Å². The van der Waals surface area contributed by atoms with Crippen molar-refractivity contribution in [3.05, 3.63) is 40.6 Å². The van der Waals surface area contributed by atoms with Crippen molar-refractivity contribution in [1.82, 2.24) is 0 Å². The van der Waals surface area contributed by atoms with Crippen molar-refractivity contribution in [2.24, 2.45) is 5.92 Å². The summed E-state index contributed by atoms with van der Waals surface area (Å²) >= 11 is 5.75. The summed E-state index contributed by atoms with van der Waals surface area (Å²) in [5.41, 5.74) is 0.746. The van der Waals surface area contributed by atoms with Crippen LogP contribution in [0.5, 0.6) is 0 Å². The zero-order chi connectivity index (χ0) is 12.8. The molecule has 1 aromatic carbocycles. The van der Waals surface area contributed by atoms with Gasteiger partial charge in [0.1, 0.15) is 0 Å². The van der Waals surface area contributed by atoms with Gasteiger partial charge in [-0.2, -0.15) is 0 Å². The molecule has 0 amide bonds. The highest BCUT2D eigenvalue weighted by Crippen LogP contribution is 2.13. The summed E-state index contributed by atoms with van der Waals surface area (Å²) in [6.45, 7) is 4.30. The van der Waals surface area contributed by atoms with Crippen molar-refractivity contribution in [2.75, 3.05) is 6.61 Å². The van der Waals surface area contributed by atoms with Crippen LogP contribution in [-0.2, 0) is 9.53 Å². The summed E-state index contributed by atoms with van der Waals surface area (Å²) in [6.07, 6.45) is 1.49. The first-order valence-electron chi connectivity index (χ1n) is 5.32. The Morgan fingerprint density at radius 1 is 1.41 bits per heavy atom. The summed E-state index contributed by atoms with van der Waals surface area (Å²) in [4.78, 5) is 11.0. The van der Waals surface area contributed by atoms with Crippen LogP contribution in [0.2, 0.25) is 5.02 Å². The van der Waals surface area contributed by atoms with E-state index in [1.165, 1.54) is 6.08 Å². The fourth-order valence-electron chi connectivity index (χ4n) is 1.13. The number of halogens is 1. The molecule has 4 heteroatoms. The first-order valence-corrected chi connectivity index (χ1v) is 5.70. The van der Waals surface area contributed by atoms with Gasteiger partial charge in [0.05, 0.1) is 6.61 Å². The maximum absolute atomic E-state index is 11.0. The highest BCUT2D eigenvalue weighted by atomic mass is 35.5. The maximum Gasteiger partial charge on any atom is 0.371 e. The molecular formula is C13H15ClO3. The van der Waals surface area contributed by atoms with Gasteiger partial charge >= 0.3 is 5.97 Å². The van der Waals surface area contributed by atoms with E-state index < -0.39 is 5.97 Å². The Morgan fingerprint density at radius 2 is 2.00 bits per heavy atom. The number of hydrogen-bond donors (Lipinski definition) is 1. The molecule has 0 aliphatic heterocycles. The molecule has 0 atom stereocenters. The Balaban J connectivity index is 2.82. The van der Waals surface area contributed by atoms with Crippen LogP contribution in [0, 0.1) is 5.92 Å². The molecule has 0 bridgehead atoms. The van der Waals surface area contributed by atoms with Gasteiger partial charge in [-0.05, 0) is 29.7 Å². The quantitative estimate of drug-likeness (QED) is 0.647. The first-order chi connectivity index (χ1) is 7.99. The van der Waals surface area contributed by atoms with Crippen LogP contribution in [0.15, 0.2) is 30.0 Å². The van der Waals surface area contributed by atoms with Crippen LogP contribution in [-0.4, -0.2) is 17.7 Å². The molecule has 0 aliphatic rings. The second-order valence-electron chi connectivity index (χ2n) is 4.07. The Morgan fingerprint density at radius 3 is 2.47 bits per heavy atom. The number of rotatable bonds is 5. The first kappa shape index (κ1) is 13.6. The Hall–Kier alpha value is -1.48. The lowest BCUT2D eigenvalue weighted by atomic mass is 10.2. The fourth-order valence-corrected chi connectivity index (χ4v) is 1.26. The normalized spacial score (nSPS) is 11.6. The van der Waals surface area contributed by atoms with Crippen molar-refractivity contribution < 1.29 is 14.6 Å². The average molecular weight is 255 g/mol. The number of carboxylic acid groups (broad SMARTS) is 1. The molecule has 0 unspecified atom stereocenters. The molecule has 0 aliphatic carbocycles. The van der Waals surface area contributed by atoms with Gasteiger partial charge in [-0.1, -0.05) is 37.6 Å². The van der Waals surface area contributed by atoms with Gasteiger partial charge in [-0.15, -0.1) is 0 Å². The van der Waals surface area contributed by atoms with Crippen LogP contribution < -0.4 is 0 Å². The van der Waals surface area contributed by atoms with E-state index >= 15 is 0 Å². The van der Waals surface area contributed by atoms with Crippen molar-refractivity contribution in [3.63, 3.8) is 0 Å². The Kier molecular flexibility index (Phi) is 5.04. The molecule has 1 N–H and O–H groups in total. The largest absolute Gasteiger partial charge is 0.486 e. The molecule has 0 saturated heterocycles. The second-order valence-corrected chi connectivity index (χ2v) is 4.51. The molecule has 0 aromatic heterocycles. The highest BCUT2D eigenvalue weighted by Gasteiger charge is 2.09. The minimum Gasteiger partial charge on any atom is -0.486 e. The topological polar surface area (TPSA) is 46.5 Å².